The maximum absolute atomic E-state index is 9.80. The van der Waals surface area contributed by atoms with Crippen LogP contribution in [0.3, 0.4) is 0 Å². The molecule has 0 amide bonds. The summed E-state index contributed by atoms with van der Waals surface area (Å²) in [5.74, 6) is 0. The summed E-state index contributed by atoms with van der Waals surface area (Å²) in [6, 6.07) is 35.0. The number of rotatable bonds is 6. The zero-order valence-electron chi connectivity index (χ0n) is 20.3. The molecule has 0 nitrogen and oxygen atoms in total. The number of hydrogen-bond acceptors (Lipinski definition) is 0. The maximum Gasteiger partial charge on any atom is -0.0166 e. The van der Waals surface area contributed by atoms with Crippen LogP contribution < -0.4 is 15.9 Å². The summed E-state index contributed by atoms with van der Waals surface area (Å²) < 4.78 is 19.6. The van der Waals surface area contributed by atoms with Crippen molar-refractivity contribution in [3.05, 3.63) is 120 Å². The summed E-state index contributed by atoms with van der Waals surface area (Å²) >= 11 is -2.77. The van der Waals surface area contributed by atoms with Gasteiger partial charge in [-0.25, -0.2) is 11.1 Å². The number of hydrogen-bond donors (Lipinski definition) is 0. The number of halogens is 2. The topological polar surface area (TPSA) is 0 Å². The second-order valence-corrected chi connectivity index (χ2v) is 10.8. The number of allylic oxidation sites excluding steroid dienone is 4. The van der Waals surface area contributed by atoms with Crippen LogP contribution in [-0.4, -0.2) is 0 Å². The minimum Gasteiger partial charge on any atom is -0.160 e. The Bertz CT molecular complexity index is 1140. The molecule has 178 valence electrons. The second-order valence-electron chi connectivity index (χ2n) is 8.27. The molecule has 4 aromatic carbocycles. The third kappa shape index (κ3) is 8.23. The average Bonchev–Trinajstić information content (AvgIpc) is 3.51. The van der Waals surface area contributed by atoms with E-state index in [4.69, 9.17) is 0 Å². The van der Waals surface area contributed by atoms with Crippen molar-refractivity contribution in [2.24, 2.45) is 0 Å². The summed E-state index contributed by atoms with van der Waals surface area (Å²) in [6.07, 6.45) is 10.5. The average molecular weight is 564 g/mol. The van der Waals surface area contributed by atoms with Crippen LogP contribution in [0, 0.1) is 6.08 Å². The van der Waals surface area contributed by atoms with Crippen molar-refractivity contribution >= 4 is 34.6 Å². The molecule has 4 aromatic rings. The van der Waals surface area contributed by atoms with Gasteiger partial charge in [-0.15, -0.1) is 53.7 Å². The molecule has 1 aliphatic carbocycles. The molecule has 0 atom stereocenters. The molecule has 0 bridgehead atoms. The van der Waals surface area contributed by atoms with Gasteiger partial charge in [0.25, 0.3) is 0 Å². The molecule has 5 rings (SSSR count). The third-order valence-electron chi connectivity index (χ3n) is 5.87. The van der Waals surface area contributed by atoms with Crippen LogP contribution >= 0.6 is 7.92 Å². The number of benzene rings is 3. The Morgan fingerprint density at radius 2 is 1.46 bits per heavy atom. The zero-order valence-corrected chi connectivity index (χ0v) is 23.7. The molecule has 0 aromatic heterocycles. The van der Waals surface area contributed by atoms with Crippen molar-refractivity contribution in [2.45, 2.75) is 39.5 Å². The molecule has 0 saturated carbocycles. The van der Waals surface area contributed by atoms with E-state index in [1.807, 2.05) is 0 Å². The first-order valence-electron chi connectivity index (χ1n) is 12.0. The fourth-order valence-electron chi connectivity index (χ4n) is 4.09. The largest absolute Gasteiger partial charge is 0.160 e. The van der Waals surface area contributed by atoms with E-state index in [9.17, 15) is 5.25 Å². The Morgan fingerprint density at radius 3 is 1.97 bits per heavy atom. The van der Waals surface area contributed by atoms with Gasteiger partial charge in [0.05, 0.1) is 0 Å². The first-order chi connectivity index (χ1) is 17.2. The van der Waals surface area contributed by atoms with Crippen molar-refractivity contribution < 1.29 is 29.7 Å². The van der Waals surface area contributed by atoms with Crippen LogP contribution in [0.25, 0.3) is 10.8 Å². The molecular weight excluding hydrogens is 533 g/mol. The van der Waals surface area contributed by atoms with E-state index in [-0.39, 0.29) is 0 Å². The van der Waals surface area contributed by atoms with Gasteiger partial charge in [0.15, 0.2) is 0 Å². The summed E-state index contributed by atoms with van der Waals surface area (Å²) in [4.78, 5) is 0. The molecule has 0 spiro atoms. The van der Waals surface area contributed by atoms with Crippen LogP contribution in [0.1, 0.15) is 39.5 Å². The van der Waals surface area contributed by atoms with E-state index in [1.54, 1.807) is 0 Å². The van der Waals surface area contributed by atoms with Gasteiger partial charge in [0, 0.05) is 0 Å². The van der Waals surface area contributed by atoms with E-state index < -0.39 is 32.4 Å². The molecule has 4 heteroatoms. The van der Waals surface area contributed by atoms with Crippen LogP contribution in [0.5, 0.6) is 0 Å². The molecular formula is C31H31F2PZr. The molecule has 0 unspecified atom stereocenters. The van der Waals surface area contributed by atoms with E-state index in [0.717, 1.165) is 6.42 Å². The molecule has 0 fully saturated rings. The van der Waals surface area contributed by atoms with Gasteiger partial charge in [-0.2, -0.15) is 12.1 Å². The van der Waals surface area contributed by atoms with E-state index in [0.29, 0.717) is 0 Å². The molecule has 1 aliphatic rings. The maximum atomic E-state index is 9.80. The summed E-state index contributed by atoms with van der Waals surface area (Å²) in [7, 11) is -0.493. The van der Waals surface area contributed by atoms with Crippen LogP contribution in [0.15, 0.2) is 114 Å². The number of fused-ring (bicyclic) bond motifs is 1. The molecule has 0 heterocycles. The fraction of sp³-hybridized carbons (Fsp3) is 0.194. The van der Waals surface area contributed by atoms with Crippen molar-refractivity contribution in [1.82, 2.24) is 0 Å². The van der Waals surface area contributed by atoms with Crippen molar-refractivity contribution in [1.29, 1.82) is 0 Å². The van der Waals surface area contributed by atoms with Gasteiger partial charge in [-0.3, -0.25) is 6.08 Å². The second kappa shape index (κ2) is 15.1. The monoisotopic (exact) mass is 562 g/mol. The standard InChI is InChI=1S/C21H16P.C10H15.2FH.Zr/c1-3-11-19(12-4-1)22(20-13-5-2-6-14-20)21-15-17-9-7-8-10-18(17)16-21;1-3-4-7-10-8-5-6-9(10)2;;;/h1-16H;6H,3-5,7H2,1-2H3;2*1H;/q2*-1;;;+4/p-2. The van der Waals surface area contributed by atoms with Gasteiger partial charge in [-0.1, -0.05) is 92.9 Å². The quantitative estimate of drug-likeness (QED) is 0.163. The van der Waals surface area contributed by atoms with Crippen molar-refractivity contribution in [3.8, 4) is 0 Å². The van der Waals surface area contributed by atoms with Crippen molar-refractivity contribution in [3.63, 3.8) is 0 Å². The van der Waals surface area contributed by atoms with E-state index in [1.165, 1.54) is 57.1 Å². The predicted octanol–water partition coefficient (Wildman–Crippen LogP) is 8.41. The molecule has 0 aliphatic heterocycles. The Balaban J connectivity index is 0.000000221. The van der Waals surface area contributed by atoms with E-state index in [2.05, 4.69) is 123 Å². The molecule has 0 N–H and O–H groups in total. The van der Waals surface area contributed by atoms with Gasteiger partial charge in [-0.05, 0) is 18.5 Å². The smallest absolute Gasteiger partial charge is 0.0166 e. The van der Waals surface area contributed by atoms with Gasteiger partial charge in [0.2, 0.25) is 0 Å². The first-order valence-corrected chi connectivity index (χ1v) is 15.2. The Kier molecular flexibility index (Phi) is 11.9. The molecule has 0 saturated heterocycles. The predicted molar refractivity (Wildman–Crippen MR) is 145 cm³/mol. The Labute approximate surface area is 223 Å². The fourth-order valence-corrected chi connectivity index (χ4v) is 6.46. The Hall–Kier alpha value is -2.08. The van der Waals surface area contributed by atoms with Crippen molar-refractivity contribution in [2.75, 3.05) is 0 Å². The SMILES string of the molecule is CCCCC1=[C-]CC=C1C.[F][Zr+2][F].c1ccc(P(c2ccccc2)c2cc3ccccc3[cH-]2)cc1. The third-order valence-corrected chi connectivity index (χ3v) is 8.27. The van der Waals surface area contributed by atoms with Crippen LogP contribution in [0.2, 0.25) is 0 Å². The molecule has 0 radical (unpaired) electrons. The minimum atomic E-state index is -2.77. The molecule has 35 heavy (non-hydrogen) atoms. The summed E-state index contributed by atoms with van der Waals surface area (Å²) in [5, 5.41) is 6.89. The number of unbranched alkanes of at least 4 members (excludes halogenated alkanes) is 1. The zero-order chi connectivity index (χ0) is 24.9. The first kappa shape index (κ1) is 27.5. The van der Waals surface area contributed by atoms with Gasteiger partial charge in [0.1, 0.15) is 0 Å². The van der Waals surface area contributed by atoms with Gasteiger partial charge >= 0.3 is 29.7 Å². The van der Waals surface area contributed by atoms with E-state index >= 15 is 0 Å². The minimum absolute atomic E-state index is 0.493. The Morgan fingerprint density at radius 1 is 0.886 bits per heavy atom. The van der Waals surface area contributed by atoms with Crippen LogP contribution in [0.4, 0.5) is 5.25 Å². The van der Waals surface area contributed by atoms with Crippen LogP contribution in [-0.2, 0) is 24.5 Å². The van der Waals surface area contributed by atoms with Gasteiger partial charge < -0.3 is 0 Å². The summed E-state index contributed by atoms with van der Waals surface area (Å²) in [6.45, 7) is 4.42. The summed E-state index contributed by atoms with van der Waals surface area (Å²) in [5.41, 5.74) is 2.91. The normalized spacial score (nSPS) is 12.1.